The highest BCUT2D eigenvalue weighted by molar-refractivity contribution is 7.09. The van der Waals surface area contributed by atoms with Crippen LogP contribution in [0.15, 0.2) is 5.38 Å². The number of thiazole rings is 1. The fourth-order valence-corrected chi connectivity index (χ4v) is 2.83. The van der Waals surface area contributed by atoms with E-state index in [9.17, 15) is 0 Å². The molecule has 0 amide bonds. The first-order chi connectivity index (χ1) is 7.81. The normalized spacial score (nSPS) is 21.8. The molecule has 90 valence electrons. The Kier molecular flexibility index (Phi) is 4.29. The average molecular weight is 241 g/mol. The van der Waals surface area contributed by atoms with E-state index in [-0.39, 0.29) is 0 Å². The summed E-state index contributed by atoms with van der Waals surface area (Å²) in [6.45, 7) is 3.77. The Morgan fingerprint density at radius 1 is 1.69 bits per heavy atom. The summed E-state index contributed by atoms with van der Waals surface area (Å²) >= 11 is 1.72. The van der Waals surface area contributed by atoms with Crippen LogP contribution in [0.1, 0.15) is 17.1 Å². The van der Waals surface area contributed by atoms with Gasteiger partial charge in [0, 0.05) is 38.5 Å². The summed E-state index contributed by atoms with van der Waals surface area (Å²) in [4.78, 5) is 6.97. The van der Waals surface area contributed by atoms with Gasteiger partial charge in [0.2, 0.25) is 0 Å². The van der Waals surface area contributed by atoms with Gasteiger partial charge in [0.05, 0.1) is 16.8 Å². The highest BCUT2D eigenvalue weighted by Gasteiger charge is 2.22. The minimum absolute atomic E-state index is 0.405. The molecule has 0 bridgehead atoms. The lowest BCUT2D eigenvalue weighted by Crippen LogP contribution is -2.22. The van der Waals surface area contributed by atoms with Crippen LogP contribution in [0, 0.1) is 0 Å². The van der Waals surface area contributed by atoms with E-state index >= 15 is 0 Å². The molecule has 1 aromatic heterocycles. The van der Waals surface area contributed by atoms with E-state index in [2.05, 4.69) is 15.3 Å². The Hall–Kier alpha value is -0.490. The SMILES string of the molecule is COC1CCN(Cc2csc(CCN)n2)C1. The summed E-state index contributed by atoms with van der Waals surface area (Å²) in [7, 11) is 1.79. The predicted octanol–water partition coefficient (Wildman–Crippen LogP) is 0.865. The molecular weight excluding hydrogens is 222 g/mol. The Bertz CT molecular complexity index is 329. The Labute approximate surface area is 100 Å². The van der Waals surface area contributed by atoms with E-state index in [4.69, 9.17) is 10.5 Å². The van der Waals surface area contributed by atoms with Crippen LogP contribution in [0.3, 0.4) is 0 Å². The standard InChI is InChI=1S/C11H19N3OS/c1-15-10-3-5-14(7-10)6-9-8-16-11(13-9)2-4-12/h8,10H,2-7,12H2,1H3. The Morgan fingerprint density at radius 3 is 3.25 bits per heavy atom. The highest BCUT2D eigenvalue weighted by atomic mass is 32.1. The van der Waals surface area contributed by atoms with E-state index in [1.165, 1.54) is 5.69 Å². The molecule has 1 aliphatic heterocycles. The molecule has 1 saturated heterocycles. The quantitative estimate of drug-likeness (QED) is 0.831. The molecule has 0 radical (unpaired) electrons. The molecule has 2 rings (SSSR count). The second-order valence-electron chi connectivity index (χ2n) is 4.15. The van der Waals surface area contributed by atoms with E-state index in [1.807, 2.05) is 0 Å². The number of hydrogen-bond donors (Lipinski definition) is 1. The van der Waals surface area contributed by atoms with Crippen LogP contribution in [0.2, 0.25) is 0 Å². The van der Waals surface area contributed by atoms with Crippen molar-refractivity contribution in [2.75, 3.05) is 26.7 Å². The second kappa shape index (κ2) is 5.72. The number of ether oxygens (including phenoxy) is 1. The predicted molar refractivity (Wildman–Crippen MR) is 65.6 cm³/mol. The van der Waals surface area contributed by atoms with Gasteiger partial charge >= 0.3 is 0 Å². The molecule has 2 N–H and O–H groups in total. The maximum atomic E-state index is 5.51. The Morgan fingerprint density at radius 2 is 2.56 bits per heavy atom. The van der Waals surface area contributed by atoms with Gasteiger partial charge in [-0.25, -0.2) is 4.98 Å². The number of methoxy groups -OCH3 is 1. The summed E-state index contributed by atoms with van der Waals surface area (Å²) in [6, 6.07) is 0. The van der Waals surface area contributed by atoms with Gasteiger partial charge in [0.15, 0.2) is 0 Å². The molecule has 1 atom stereocenters. The third-order valence-corrected chi connectivity index (χ3v) is 3.86. The lowest BCUT2D eigenvalue weighted by Gasteiger charge is -2.13. The highest BCUT2D eigenvalue weighted by Crippen LogP contribution is 2.17. The largest absolute Gasteiger partial charge is 0.380 e. The maximum absolute atomic E-state index is 5.51. The summed E-state index contributed by atoms with van der Waals surface area (Å²) in [5.74, 6) is 0. The zero-order valence-corrected chi connectivity index (χ0v) is 10.5. The molecule has 4 nitrogen and oxygen atoms in total. The number of aromatic nitrogens is 1. The molecule has 0 aliphatic carbocycles. The molecule has 0 spiro atoms. The molecule has 2 heterocycles. The van der Waals surface area contributed by atoms with Crippen LogP contribution in [-0.2, 0) is 17.7 Å². The molecule has 0 aromatic carbocycles. The van der Waals surface area contributed by atoms with Crippen molar-refractivity contribution < 1.29 is 4.74 Å². The average Bonchev–Trinajstić information content (AvgIpc) is 2.89. The smallest absolute Gasteiger partial charge is 0.0941 e. The zero-order chi connectivity index (χ0) is 11.4. The Balaban J connectivity index is 1.84. The van der Waals surface area contributed by atoms with Crippen molar-refractivity contribution in [2.45, 2.75) is 25.5 Å². The third kappa shape index (κ3) is 3.01. The van der Waals surface area contributed by atoms with Crippen LogP contribution in [0.5, 0.6) is 0 Å². The first-order valence-electron chi connectivity index (χ1n) is 5.70. The van der Waals surface area contributed by atoms with Crippen molar-refractivity contribution in [3.05, 3.63) is 16.1 Å². The van der Waals surface area contributed by atoms with Crippen molar-refractivity contribution in [1.29, 1.82) is 0 Å². The van der Waals surface area contributed by atoms with Crippen molar-refractivity contribution >= 4 is 11.3 Å². The lowest BCUT2D eigenvalue weighted by atomic mass is 10.3. The molecule has 1 aliphatic rings. The minimum Gasteiger partial charge on any atom is -0.380 e. The number of likely N-dealkylation sites (tertiary alicyclic amines) is 1. The monoisotopic (exact) mass is 241 g/mol. The molecular formula is C11H19N3OS. The summed E-state index contributed by atoms with van der Waals surface area (Å²) in [5.41, 5.74) is 6.68. The second-order valence-corrected chi connectivity index (χ2v) is 5.10. The van der Waals surface area contributed by atoms with Gasteiger partial charge in [-0.15, -0.1) is 11.3 Å². The van der Waals surface area contributed by atoms with Gasteiger partial charge in [-0.1, -0.05) is 0 Å². The van der Waals surface area contributed by atoms with Crippen molar-refractivity contribution in [2.24, 2.45) is 5.73 Å². The lowest BCUT2D eigenvalue weighted by molar-refractivity contribution is 0.107. The van der Waals surface area contributed by atoms with Gasteiger partial charge in [-0.3, -0.25) is 4.90 Å². The third-order valence-electron chi connectivity index (χ3n) is 2.91. The van der Waals surface area contributed by atoms with Crippen LogP contribution in [0.4, 0.5) is 0 Å². The topological polar surface area (TPSA) is 51.4 Å². The van der Waals surface area contributed by atoms with Crippen LogP contribution in [0.25, 0.3) is 0 Å². The fourth-order valence-electron chi connectivity index (χ4n) is 2.02. The molecule has 0 saturated carbocycles. The number of rotatable bonds is 5. The first kappa shape index (κ1) is 12.0. The van der Waals surface area contributed by atoms with E-state index in [0.717, 1.165) is 37.5 Å². The first-order valence-corrected chi connectivity index (χ1v) is 6.58. The van der Waals surface area contributed by atoms with Crippen molar-refractivity contribution in [3.8, 4) is 0 Å². The van der Waals surface area contributed by atoms with Crippen LogP contribution < -0.4 is 5.73 Å². The zero-order valence-electron chi connectivity index (χ0n) is 9.69. The van der Waals surface area contributed by atoms with Crippen LogP contribution >= 0.6 is 11.3 Å². The van der Waals surface area contributed by atoms with Crippen LogP contribution in [-0.4, -0.2) is 42.7 Å². The van der Waals surface area contributed by atoms with Gasteiger partial charge in [0.25, 0.3) is 0 Å². The van der Waals surface area contributed by atoms with Gasteiger partial charge in [0.1, 0.15) is 0 Å². The minimum atomic E-state index is 0.405. The summed E-state index contributed by atoms with van der Waals surface area (Å²) in [6.07, 6.45) is 2.43. The molecule has 16 heavy (non-hydrogen) atoms. The molecule has 1 fully saturated rings. The molecule has 1 aromatic rings. The number of nitrogens with two attached hydrogens (primary N) is 1. The van der Waals surface area contributed by atoms with E-state index in [1.54, 1.807) is 18.4 Å². The van der Waals surface area contributed by atoms with Gasteiger partial charge in [-0.2, -0.15) is 0 Å². The summed E-state index contributed by atoms with van der Waals surface area (Å²) in [5, 5.41) is 3.30. The molecule has 5 heteroatoms. The number of nitrogens with zero attached hydrogens (tertiary/aromatic N) is 2. The van der Waals surface area contributed by atoms with E-state index < -0.39 is 0 Å². The number of hydrogen-bond acceptors (Lipinski definition) is 5. The van der Waals surface area contributed by atoms with Crippen molar-refractivity contribution in [3.63, 3.8) is 0 Å². The van der Waals surface area contributed by atoms with Crippen molar-refractivity contribution in [1.82, 2.24) is 9.88 Å². The molecule has 1 unspecified atom stereocenters. The summed E-state index contributed by atoms with van der Waals surface area (Å²) < 4.78 is 5.35. The van der Waals surface area contributed by atoms with Gasteiger partial charge in [-0.05, 0) is 13.0 Å². The van der Waals surface area contributed by atoms with E-state index in [0.29, 0.717) is 12.6 Å². The maximum Gasteiger partial charge on any atom is 0.0941 e. The van der Waals surface area contributed by atoms with Gasteiger partial charge < -0.3 is 10.5 Å². The fraction of sp³-hybridized carbons (Fsp3) is 0.727.